The number of hydrogen-bond acceptors (Lipinski definition) is 7. The first kappa shape index (κ1) is 17.1. The van der Waals surface area contributed by atoms with Gasteiger partial charge in [-0.05, 0) is 11.9 Å². The predicted molar refractivity (Wildman–Crippen MR) is 79.2 cm³/mol. The van der Waals surface area contributed by atoms with E-state index in [4.69, 9.17) is 36.3 Å². The maximum absolute atomic E-state index is 5.50. The van der Waals surface area contributed by atoms with Gasteiger partial charge in [-0.1, -0.05) is 12.2 Å². The molecule has 111 valence electrons. The Morgan fingerprint density at radius 1 is 0.947 bits per heavy atom. The van der Waals surface area contributed by atoms with E-state index in [1.807, 2.05) is 4.90 Å². The molecule has 1 aliphatic rings. The van der Waals surface area contributed by atoms with E-state index in [9.17, 15) is 0 Å². The average molecular weight is 310 g/mol. The van der Waals surface area contributed by atoms with Gasteiger partial charge in [-0.2, -0.15) is 0 Å². The first-order valence-electron chi connectivity index (χ1n) is 6.31. The van der Waals surface area contributed by atoms with E-state index < -0.39 is 0 Å². The molecule has 1 rings (SSSR count). The Morgan fingerprint density at radius 3 is 2.26 bits per heavy atom. The van der Waals surface area contributed by atoms with Crippen LogP contribution in [0.25, 0.3) is 0 Å². The molecule has 0 aliphatic carbocycles. The monoisotopic (exact) mass is 310 g/mol. The molecular weight excluding hydrogens is 288 g/mol. The van der Waals surface area contributed by atoms with Crippen LogP contribution in [-0.2, 0) is 18.9 Å². The largest absolute Gasteiger partial charge is 0.377 e. The van der Waals surface area contributed by atoms with Crippen molar-refractivity contribution < 1.29 is 18.9 Å². The van der Waals surface area contributed by atoms with E-state index in [-0.39, 0.29) is 0 Å². The lowest BCUT2D eigenvalue weighted by molar-refractivity contribution is 0.00206. The second-order valence-corrected chi connectivity index (χ2v) is 5.09. The van der Waals surface area contributed by atoms with Gasteiger partial charge in [-0.25, -0.2) is 0 Å². The second kappa shape index (κ2) is 11.8. The standard InChI is InChI=1S/C11H22N2O4S2/c12-19-11(18)13-1-3-14-5-7-16-9-10-17-8-6-15-4-2-13/h1-10,12H2/q+1. The normalized spacial score (nSPS) is 21.4. The van der Waals surface area contributed by atoms with E-state index in [0.717, 1.165) is 11.9 Å². The van der Waals surface area contributed by atoms with Crippen molar-refractivity contribution in [3.63, 3.8) is 0 Å². The van der Waals surface area contributed by atoms with E-state index in [1.165, 1.54) is 0 Å². The summed E-state index contributed by atoms with van der Waals surface area (Å²) in [5, 5.41) is 5.50. The van der Waals surface area contributed by atoms with Crippen LogP contribution < -0.4 is 5.14 Å². The quantitative estimate of drug-likeness (QED) is 0.388. The molecule has 0 spiro atoms. The van der Waals surface area contributed by atoms with Gasteiger partial charge in [0.2, 0.25) is 13.2 Å². The topological polar surface area (TPSA) is 68.2 Å². The van der Waals surface area contributed by atoms with Crippen LogP contribution in [0.15, 0.2) is 0 Å². The lowest BCUT2D eigenvalue weighted by atomic mass is 10.5. The van der Waals surface area contributed by atoms with Gasteiger partial charge in [0.05, 0.1) is 39.6 Å². The van der Waals surface area contributed by atoms with Crippen molar-refractivity contribution >= 4 is 28.5 Å². The maximum Gasteiger partial charge on any atom is 0.243 e. The van der Waals surface area contributed by atoms with Gasteiger partial charge < -0.3 is 19.1 Å². The highest BCUT2D eigenvalue weighted by molar-refractivity contribution is 8.21. The third-order valence-electron chi connectivity index (χ3n) is 2.49. The number of hydrogen-bond donors (Lipinski definition) is 1. The van der Waals surface area contributed by atoms with Crippen LogP contribution in [0.1, 0.15) is 0 Å². The summed E-state index contributed by atoms with van der Waals surface area (Å²) in [6, 6.07) is 0. The molecular formula is C11H22N2O4S2+. The molecule has 8 heteroatoms. The van der Waals surface area contributed by atoms with Crippen LogP contribution in [0.2, 0.25) is 0 Å². The molecule has 1 radical (unpaired) electrons. The van der Waals surface area contributed by atoms with Crippen LogP contribution >= 0.6 is 24.2 Å². The van der Waals surface area contributed by atoms with Gasteiger partial charge in [0.15, 0.2) is 4.32 Å². The third-order valence-corrected chi connectivity index (χ3v) is 3.49. The highest BCUT2D eigenvalue weighted by atomic mass is 32.2. The fourth-order valence-corrected chi connectivity index (χ4v) is 1.99. The molecule has 6 nitrogen and oxygen atoms in total. The molecule has 19 heavy (non-hydrogen) atoms. The average Bonchev–Trinajstić information content (AvgIpc) is 2.44. The molecule has 0 aromatic rings. The molecule has 0 aromatic heterocycles. The summed E-state index contributed by atoms with van der Waals surface area (Å²) in [5.74, 6) is 0. The minimum Gasteiger partial charge on any atom is -0.377 e. The van der Waals surface area contributed by atoms with Crippen LogP contribution in [-0.4, -0.2) is 75.2 Å². The number of nitrogens with zero attached hydrogens (tertiary/aromatic N) is 1. The highest BCUT2D eigenvalue weighted by Crippen LogP contribution is 2.02. The van der Waals surface area contributed by atoms with Gasteiger partial charge in [-0.15, -0.1) is 4.74 Å². The van der Waals surface area contributed by atoms with Crippen molar-refractivity contribution in [1.29, 1.82) is 0 Å². The van der Waals surface area contributed by atoms with Gasteiger partial charge >= 0.3 is 0 Å². The number of ether oxygens (including phenoxy) is 4. The summed E-state index contributed by atoms with van der Waals surface area (Å²) in [6.07, 6.45) is 0. The molecule has 1 heterocycles. The van der Waals surface area contributed by atoms with Gasteiger partial charge in [-0.3, -0.25) is 5.14 Å². The SMILES string of the molecule is NSC(=S)N1CCOCCOCCOCC[O+]CC1. The van der Waals surface area contributed by atoms with Crippen molar-refractivity contribution in [1.82, 2.24) is 4.90 Å². The molecule has 0 unspecified atom stereocenters. The predicted octanol–water partition coefficient (Wildman–Crippen LogP) is 0.260. The second-order valence-electron chi connectivity index (χ2n) is 3.82. The molecule has 0 aromatic carbocycles. The van der Waals surface area contributed by atoms with Gasteiger partial charge in [0.1, 0.15) is 6.61 Å². The van der Waals surface area contributed by atoms with Crippen molar-refractivity contribution in [2.75, 3.05) is 65.9 Å². The summed E-state index contributed by atoms with van der Waals surface area (Å²) in [4.78, 5) is 1.99. The van der Waals surface area contributed by atoms with Crippen molar-refractivity contribution in [2.24, 2.45) is 5.14 Å². The van der Waals surface area contributed by atoms with E-state index in [1.54, 1.807) is 0 Å². The Hall–Kier alpha value is 0.0400. The van der Waals surface area contributed by atoms with Crippen LogP contribution in [0, 0.1) is 0 Å². The molecule has 0 atom stereocenters. The number of nitrogens with two attached hydrogens (primary N) is 1. The van der Waals surface area contributed by atoms with Crippen molar-refractivity contribution in [3.8, 4) is 0 Å². The van der Waals surface area contributed by atoms with Crippen LogP contribution in [0.5, 0.6) is 0 Å². The lowest BCUT2D eigenvalue weighted by Gasteiger charge is -2.21. The Balaban J connectivity index is 2.31. The molecule has 0 saturated carbocycles. The zero-order chi connectivity index (χ0) is 13.8. The summed E-state index contributed by atoms with van der Waals surface area (Å²) in [7, 11) is 0. The first-order chi connectivity index (χ1) is 9.34. The lowest BCUT2D eigenvalue weighted by Crippen LogP contribution is -2.35. The minimum atomic E-state index is 0.576. The van der Waals surface area contributed by atoms with Gasteiger partial charge in [0.25, 0.3) is 0 Å². The maximum atomic E-state index is 5.50. The van der Waals surface area contributed by atoms with E-state index in [2.05, 4.69) is 0 Å². The van der Waals surface area contributed by atoms with E-state index >= 15 is 0 Å². The number of thiocarbonyl (C=S) groups is 1. The van der Waals surface area contributed by atoms with Crippen LogP contribution in [0.4, 0.5) is 0 Å². The fraction of sp³-hybridized carbons (Fsp3) is 0.909. The van der Waals surface area contributed by atoms with Crippen molar-refractivity contribution in [2.45, 2.75) is 0 Å². The zero-order valence-corrected chi connectivity index (χ0v) is 12.7. The Kier molecular flexibility index (Phi) is 10.6. The van der Waals surface area contributed by atoms with Crippen molar-refractivity contribution in [3.05, 3.63) is 0 Å². The van der Waals surface area contributed by atoms with E-state index in [0.29, 0.717) is 70.3 Å². The minimum absolute atomic E-state index is 0.576. The smallest absolute Gasteiger partial charge is 0.243 e. The highest BCUT2D eigenvalue weighted by Gasteiger charge is 2.12. The molecule has 1 aliphatic heterocycles. The Bertz CT molecular complexity index is 231. The molecule has 1 fully saturated rings. The zero-order valence-electron chi connectivity index (χ0n) is 11.0. The number of rotatable bonds is 0. The molecule has 2 N–H and O–H groups in total. The molecule has 1 saturated heterocycles. The summed E-state index contributed by atoms with van der Waals surface area (Å²) in [5.41, 5.74) is 0. The summed E-state index contributed by atoms with van der Waals surface area (Å²) < 4.78 is 22.3. The van der Waals surface area contributed by atoms with Crippen LogP contribution in [0.3, 0.4) is 0 Å². The molecule has 0 bridgehead atoms. The third kappa shape index (κ3) is 8.74. The Labute approximate surface area is 124 Å². The Morgan fingerprint density at radius 2 is 1.58 bits per heavy atom. The molecule has 0 amide bonds. The first-order valence-corrected chi connectivity index (χ1v) is 7.60. The van der Waals surface area contributed by atoms with Gasteiger partial charge in [0, 0.05) is 6.54 Å². The fourth-order valence-electron chi connectivity index (χ4n) is 1.48. The summed E-state index contributed by atoms with van der Waals surface area (Å²) in [6.45, 7) is 6.10. The summed E-state index contributed by atoms with van der Waals surface area (Å²) >= 11 is 6.27.